The number of hydrogen-bond acceptors (Lipinski definition) is 2. The predicted octanol–water partition coefficient (Wildman–Crippen LogP) is 5.63. The quantitative estimate of drug-likeness (QED) is 0.599. The molecule has 0 bridgehead atoms. The van der Waals surface area contributed by atoms with Gasteiger partial charge in [0, 0.05) is 40.1 Å². The number of alkyl halides is 2. The molecule has 0 saturated heterocycles. The van der Waals surface area contributed by atoms with E-state index < -0.39 is 34.4 Å². The van der Waals surface area contributed by atoms with Crippen LogP contribution in [0.4, 0.5) is 13.2 Å². The Bertz CT molecular complexity index is 802. The Morgan fingerprint density at radius 2 is 1.96 bits per heavy atom. The van der Waals surface area contributed by atoms with E-state index in [4.69, 9.17) is 0 Å². The third kappa shape index (κ3) is 3.79. The molecular formula is C18H22BrF3N2OS. The van der Waals surface area contributed by atoms with Crippen LogP contribution in [0.3, 0.4) is 0 Å². The molecule has 2 atom stereocenters. The Balaban J connectivity index is 2.10. The van der Waals surface area contributed by atoms with Gasteiger partial charge in [0.2, 0.25) is 0 Å². The van der Waals surface area contributed by atoms with Crippen molar-refractivity contribution < 1.29 is 17.7 Å². The van der Waals surface area contributed by atoms with Gasteiger partial charge in [-0.05, 0) is 68.1 Å². The van der Waals surface area contributed by atoms with Crippen molar-refractivity contribution in [1.29, 1.82) is 0 Å². The summed E-state index contributed by atoms with van der Waals surface area (Å²) in [5.41, 5.74) is 0.998. The van der Waals surface area contributed by atoms with E-state index >= 15 is 0 Å². The van der Waals surface area contributed by atoms with Crippen molar-refractivity contribution in [1.82, 2.24) is 9.29 Å². The molecule has 1 aromatic heterocycles. The molecule has 2 aromatic rings. The third-order valence-corrected chi connectivity index (χ3v) is 6.94. The van der Waals surface area contributed by atoms with Crippen LogP contribution in [-0.4, -0.2) is 20.3 Å². The summed E-state index contributed by atoms with van der Waals surface area (Å²) < 4.78 is 58.3. The molecule has 0 amide bonds. The molecule has 0 spiro atoms. The Labute approximate surface area is 162 Å². The van der Waals surface area contributed by atoms with Crippen LogP contribution in [0.1, 0.15) is 57.7 Å². The van der Waals surface area contributed by atoms with Gasteiger partial charge in [-0.15, -0.1) is 4.72 Å². The molecule has 1 heterocycles. The van der Waals surface area contributed by atoms with E-state index in [1.165, 1.54) is 6.07 Å². The fourth-order valence-electron chi connectivity index (χ4n) is 3.03. The van der Waals surface area contributed by atoms with Gasteiger partial charge in [0.15, 0.2) is 0 Å². The standard InChI is InChI=1S/C18H22BrF3N2OS/c1-18(2,3)26(25)23-16(17(21)22)12-9-24(10-5-4-6-10)15-8-13(19)14(20)7-11(12)15/h7-10,16-17,23H,4-6H2,1-3H3/t16-,26-/m0/s1. The van der Waals surface area contributed by atoms with Gasteiger partial charge in [-0.25, -0.2) is 13.2 Å². The van der Waals surface area contributed by atoms with Crippen LogP contribution in [0.15, 0.2) is 22.8 Å². The second-order valence-electron chi connectivity index (χ2n) is 7.67. The summed E-state index contributed by atoms with van der Waals surface area (Å²) in [6.45, 7) is 5.15. The molecule has 0 radical (unpaired) electrons. The van der Waals surface area contributed by atoms with Crippen LogP contribution in [0.2, 0.25) is 0 Å². The number of hydrogen-bond donors (Lipinski definition) is 1. The fraction of sp³-hybridized carbons (Fsp3) is 0.556. The Morgan fingerprint density at radius 3 is 2.46 bits per heavy atom. The summed E-state index contributed by atoms with van der Waals surface area (Å²) in [6, 6.07) is 1.71. The van der Waals surface area contributed by atoms with Crippen molar-refractivity contribution in [3.05, 3.63) is 34.2 Å². The molecule has 1 saturated carbocycles. The van der Waals surface area contributed by atoms with Gasteiger partial charge >= 0.3 is 0 Å². The maximum atomic E-state index is 14.1. The van der Waals surface area contributed by atoms with E-state index in [1.807, 2.05) is 4.57 Å². The van der Waals surface area contributed by atoms with E-state index in [1.54, 1.807) is 33.0 Å². The monoisotopic (exact) mass is 450 g/mol. The Hall–Kier alpha value is -0.700. The highest BCUT2D eigenvalue weighted by molar-refractivity contribution is 9.10. The first-order valence-electron chi connectivity index (χ1n) is 8.55. The van der Waals surface area contributed by atoms with Crippen LogP contribution < -0.4 is 4.72 Å². The summed E-state index contributed by atoms with van der Waals surface area (Å²) in [5, 5.41) is 0.432. The molecule has 26 heavy (non-hydrogen) atoms. The summed E-state index contributed by atoms with van der Waals surface area (Å²) in [5.74, 6) is -0.505. The van der Waals surface area contributed by atoms with Crippen molar-refractivity contribution in [2.24, 2.45) is 0 Å². The van der Waals surface area contributed by atoms with Crippen molar-refractivity contribution in [2.75, 3.05) is 0 Å². The van der Waals surface area contributed by atoms with Gasteiger partial charge in [-0.3, -0.25) is 0 Å². The second-order valence-corrected chi connectivity index (χ2v) is 10.5. The molecule has 144 valence electrons. The van der Waals surface area contributed by atoms with Crippen molar-refractivity contribution >= 4 is 38.2 Å². The summed E-state index contributed by atoms with van der Waals surface area (Å²) in [6.07, 6.45) is 1.93. The average molecular weight is 451 g/mol. The topological polar surface area (TPSA) is 40.0 Å². The van der Waals surface area contributed by atoms with E-state index in [0.29, 0.717) is 15.4 Å². The number of nitrogens with one attached hydrogen (secondary N) is 1. The maximum Gasteiger partial charge on any atom is 0.262 e. The van der Waals surface area contributed by atoms with Gasteiger partial charge < -0.3 is 9.12 Å². The normalized spacial score (nSPS) is 18.3. The van der Waals surface area contributed by atoms with E-state index in [-0.39, 0.29) is 11.6 Å². The second kappa shape index (κ2) is 7.37. The number of benzene rings is 1. The maximum absolute atomic E-state index is 14.1. The van der Waals surface area contributed by atoms with Crippen molar-refractivity contribution in [2.45, 2.75) is 63.3 Å². The summed E-state index contributed by atoms with van der Waals surface area (Å²) in [7, 11) is 0. The zero-order chi connectivity index (χ0) is 19.2. The molecule has 1 aliphatic rings. The highest BCUT2D eigenvalue weighted by atomic mass is 79.9. The average Bonchev–Trinajstić information content (AvgIpc) is 2.80. The number of aromatic nitrogens is 1. The lowest BCUT2D eigenvalue weighted by Gasteiger charge is -2.28. The highest BCUT2D eigenvalue weighted by Gasteiger charge is 2.36. The first-order valence-corrected chi connectivity index (χ1v) is 10.5. The molecular weight excluding hydrogens is 429 g/mol. The molecule has 3 rings (SSSR count). The van der Waals surface area contributed by atoms with Crippen LogP contribution in [-0.2, 0) is 11.4 Å². The van der Waals surface area contributed by atoms with Crippen molar-refractivity contribution in [3.8, 4) is 0 Å². The molecule has 3 nitrogen and oxygen atoms in total. The molecule has 1 N–H and O–H groups in total. The minimum atomic E-state index is -2.77. The molecule has 1 aliphatic carbocycles. The van der Waals surface area contributed by atoms with Gasteiger partial charge in [-0.1, -0.05) is 0 Å². The molecule has 8 heteroatoms. The molecule has 0 unspecified atom stereocenters. The zero-order valence-corrected chi connectivity index (χ0v) is 17.3. The van der Waals surface area contributed by atoms with Gasteiger partial charge in [0.1, 0.15) is 16.6 Å². The number of rotatable bonds is 5. The van der Waals surface area contributed by atoms with Crippen LogP contribution in [0.25, 0.3) is 10.9 Å². The molecule has 0 aliphatic heterocycles. The lowest BCUT2D eigenvalue weighted by atomic mass is 9.93. The van der Waals surface area contributed by atoms with Gasteiger partial charge in [-0.2, -0.15) is 0 Å². The van der Waals surface area contributed by atoms with E-state index in [0.717, 1.165) is 19.3 Å². The third-order valence-electron chi connectivity index (χ3n) is 4.75. The minimum absolute atomic E-state index is 0.232. The number of nitrogens with zero attached hydrogens (tertiary/aromatic N) is 1. The SMILES string of the molecule is CC(C)(C)[S@+]([O-])N[C@@H](c1cn(C2CCC2)c2cc(Br)c(F)cc12)C(F)F. The van der Waals surface area contributed by atoms with Gasteiger partial charge in [0.25, 0.3) is 6.43 Å². The first kappa shape index (κ1) is 20.0. The summed E-state index contributed by atoms with van der Waals surface area (Å²) >= 11 is 1.51. The fourth-order valence-corrected chi connectivity index (χ4v) is 4.17. The molecule has 1 aromatic carbocycles. The Morgan fingerprint density at radius 1 is 1.31 bits per heavy atom. The smallest absolute Gasteiger partial charge is 0.262 e. The largest absolute Gasteiger partial charge is 0.598 e. The van der Waals surface area contributed by atoms with Gasteiger partial charge in [0.05, 0.1) is 4.47 Å². The first-order chi connectivity index (χ1) is 12.1. The lowest BCUT2D eigenvalue weighted by Crippen LogP contribution is -2.43. The van der Waals surface area contributed by atoms with Crippen LogP contribution >= 0.6 is 15.9 Å². The highest BCUT2D eigenvalue weighted by Crippen LogP contribution is 2.40. The lowest BCUT2D eigenvalue weighted by molar-refractivity contribution is 0.109. The minimum Gasteiger partial charge on any atom is -0.598 e. The predicted molar refractivity (Wildman–Crippen MR) is 102 cm³/mol. The zero-order valence-electron chi connectivity index (χ0n) is 14.9. The van der Waals surface area contributed by atoms with Crippen molar-refractivity contribution in [3.63, 3.8) is 0 Å². The number of halogens is 4. The summed E-state index contributed by atoms with van der Waals surface area (Å²) in [4.78, 5) is 0. The van der Waals surface area contributed by atoms with Crippen LogP contribution in [0, 0.1) is 5.82 Å². The molecule has 1 fully saturated rings. The van der Waals surface area contributed by atoms with E-state index in [9.17, 15) is 17.7 Å². The van der Waals surface area contributed by atoms with Crippen LogP contribution in [0.5, 0.6) is 0 Å². The van der Waals surface area contributed by atoms with E-state index in [2.05, 4.69) is 20.7 Å². The number of fused-ring (bicyclic) bond motifs is 1. The Kier molecular flexibility index (Phi) is 5.68.